The molecule has 0 aliphatic carbocycles. The number of hydrogen-bond donors (Lipinski definition) is 1. The van der Waals surface area contributed by atoms with Crippen LogP contribution in [-0.2, 0) is 6.42 Å². The highest BCUT2D eigenvalue weighted by atomic mass is 16.7. The van der Waals surface area contributed by atoms with E-state index in [2.05, 4.69) is 24.0 Å². The predicted octanol–water partition coefficient (Wildman–Crippen LogP) is 4.02. The molecule has 0 spiro atoms. The zero-order valence-electron chi connectivity index (χ0n) is 12.9. The number of H-pyrrole nitrogens is 1. The Morgan fingerprint density at radius 3 is 2.87 bits per heavy atom. The summed E-state index contributed by atoms with van der Waals surface area (Å²) >= 11 is 0. The van der Waals surface area contributed by atoms with Crippen LogP contribution in [0.5, 0.6) is 11.5 Å². The number of aryl methyl sites for hydroxylation is 2. The van der Waals surface area contributed by atoms with Crippen molar-refractivity contribution in [3.63, 3.8) is 0 Å². The van der Waals surface area contributed by atoms with Crippen LogP contribution >= 0.6 is 0 Å². The summed E-state index contributed by atoms with van der Waals surface area (Å²) in [6.07, 6.45) is 1.20. The highest BCUT2D eigenvalue weighted by Crippen LogP contribution is 2.33. The van der Waals surface area contributed by atoms with Crippen LogP contribution in [0.1, 0.15) is 28.0 Å². The molecule has 0 bridgehead atoms. The summed E-state index contributed by atoms with van der Waals surface area (Å²) in [5.41, 5.74) is 4.14. The van der Waals surface area contributed by atoms with Crippen LogP contribution < -0.4 is 9.47 Å². The third-order valence-electron chi connectivity index (χ3n) is 4.32. The van der Waals surface area contributed by atoms with Crippen LogP contribution in [0.2, 0.25) is 0 Å². The Hall–Kier alpha value is -2.75. The van der Waals surface area contributed by atoms with Crippen molar-refractivity contribution in [1.82, 2.24) is 4.98 Å². The number of ether oxygens (including phenoxy) is 2. The molecule has 1 aromatic heterocycles. The lowest BCUT2D eigenvalue weighted by Crippen LogP contribution is -2.01. The van der Waals surface area contributed by atoms with Crippen LogP contribution in [-0.4, -0.2) is 17.6 Å². The van der Waals surface area contributed by atoms with Gasteiger partial charge >= 0.3 is 0 Å². The van der Waals surface area contributed by atoms with Gasteiger partial charge in [-0.15, -0.1) is 0 Å². The zero-order chi connectivity index (χ0) is 15.8. The quantitative estimate of drug-likeness (QED) is 0.741. The Bertz CT molecular complexity index is 895. The third-order valence-corrected chi connectivity index (χ3v) is 4.32. The maximum Gasteiger partial charge on any atom is 0.231 e. The Kier molecular flexibility index (Phi) is 3.30. The Morgan fingerprint density at radius 2 is 1.96 bits per heavy atom. The largest absolute Gasteiger partial charge is 0.454 e. The number of Topliss-reactive ketones (excluding diaryl/α,β-unsaturated/α-hetero) is 1. The van der Waals surface area contributed by atoms with Gasteiger partial charge in [-0.1, -0.05) is 18.2 Å². The summed E-state index contributed by atoms with van der Waals surface area (Å²) in [5.74, 6) is 1.47. The maximum atomic E-state index is 12.5. The minimum Gasteiger partial charge on any atom is -0.454 e. The van der Waals surface area contributed by atoms with Crippen molar-refractivity contribution < 1.29 is 14.3 Å². The molecular weight excluding hydrogens is 290 g/mol. The average Bonchev–Trinajstić information content (AvgIpc) is 3.15. The number of nitrogens with one attached hydrogen (secondary N) is 1. The molecule has 0 atom stereocenters. The highest BCUT2D eigenvalue weighted by Gasteiger charge is 2.17. The second-order valence-corrected chi connectivity index (χ2v) is 5.77. The first-order chi connectivity index (χ1) is 11.2. The van der Waals surface area contributed by atoms with Crippen molar-refractivity contribution in [2.75, 3.05) is 6.79 Å². The molecule has 4 heteroatoms. The minimum absolute atomic E-state index is 0.119. The summed E-state index contributed by atoms with van der Waals surface area (Å²) in [6.45, 7) is 2.28. The van der Waals surface area contributed by atoms with E-state index in [1.165, 1.54) is 10.9 Å². The third kappa shape index (κ3) is 2.46. The summed E-state index contributed by atoms with van der Waals surface area (Å²) in [5, 5.41) is 1.20. The topological polar surface area (TPSA) is 51.3 Å². The number of carbonyl (C=O) groups is 1. The number of aromatic amines is 1. The van der Waals surface area contributed by atoms with Crippen molar-refractivity contribution in [3.8, 4) is 11.5 Å². The number of fused-ring (bicyclic) bond motifs is 2. The smallest absolute Gasteiger partial charge is 0.231 e. The van der Waals surface area contributed by atoms with Crippen molar-refractivity contribution in [2.45, 2.75) is 19.8 Å². The fraction of sp³-hybridized carbons (Fsp3) is 0.211. The second kappa shape index (κ2) is 5.47. The number of ketones is 1. The fourth-order valence-corrected chi connectivity index (χ4v) is 3.11. The minimum atomic E-state index is 0.119. The Balaban J connectivity index is 1.54. The van der Waals surface area contributed by atoms with Crippen LogP contribution in [0.25, 0.3) is 10.9 Å². The summed E-state index contributed by atoms with van der Waals surface area (Å²) in [7, 11) is 0. The molecule has 2 aromatic carbocycles. The first-order valence-electron chi connectivity index (χ1n) is 7.71. The van der Waals surface area contributed by atoms with Gasteiger partial charge in [0.1, 0.15) is 0 Å². The molecule has 0 amide bonds. The molecule has 4 rings (SSSR count). The van der Waals surface area contributed by atoms with Gasteiger partial charge in [-0.25, -0.2) is 0 Å². The van der Waals surface area contributed by atoms with E-state index in [0.29, 0.717) is 23.5 Å². The molecule has 0 saturated carbocycles. The molecule has 23 heavy (non-hydrogen) atoms. The van der Waals surface area contributed by atoms with Gasteiger partial charge in [-0.05, 0) is 43.2 Å². The zero-order valence-corrected chi connectivity index (χ0v) is 12.9. The first kappa shape index (κ1) is 13.9. The van der Waals surface area contributed by atoms with E-state index in [0.717, 1.165) is 17.6 Å². The molecule has 0 fully saturated rings. The fourth-order valence-electron chi connectivity index (χ4n) is 3.11. The van der Waals surface area contributed by atoms with Crippen molar-refractivity contribution in [3.05, 3.63) is 59.3 Å². The molecule has 0 radical (unpaired) electrons. The summed E-state index contributed by atoms with van der Waals surface area (Å²) in [4.78, 5) is 15.9. The number of para-hydroxylation sites is 1. The normalized spacial score (nSPS) is 12.7. The van der Waals surface area contributed by atoms with Crippen LogP contribution in [0.3, 0.4) is 0 Å². The van der Waals surface area contributed by atoms with E-state index in [9.17, 15) is 4.79 Å². The molecule has 3 aromatic rings. The molecule has 4 nitrogen and oxygen atoms in total. The molecule has 2 heterocycles. The highest BCUT2D eigenvalue weighted by molar-refractivity contribution is 5.97. The standard InChI is InChI=1S/C19H17NO3/c1-12-14(15-4-2-3-5-16(15)20-12)7-8-17(21)13-6-9-18-19(10-13)23-11-22-18/h2-6,9-10,20H,7-8,11H2,1H3. The van der Waals surface area contributed by atoms with Gasteiger partial charge < -0.3 is 14.5 Å². The number of rotatable bonds is 4. The van der Waals surface area contributed by atoms with Crippen LogP contribution in [0.4, 0.5) is 0 Å². The van der Waals surface area contributed by atoms with Gasteiger partial charge in [0, 0.05) is 28.6 Å². The lowest BCUT2D eigenvalue weighted by Gasteiger charge is -2.04. The number of carbonyl (C=O) groups excluding carboxylic acids is 1. The predicted molar refractivity (Wildman–Crippen MR) is 88.3 cm³/mol. The van der Waals surface area contributed by atoms with Gasteiger partial charge in [-0.2, -0.15) is 0 Å². The van der Waals surface area contributed by atoms with Gasteiger partial charge in [0.25, 0.3) is 0 Å². The molecule has 1 N–H and O–H groups in total. The molecule has 1 aliphatic heterocycles. The molecule has 0 unspecified atom stereocenters. The molecule has 0 saturated heterocycles. The number of hydrogen-bond acceptors (Lipinski definition) is 3. The van der Waals surface area contributed by atoms with E-state index in [1.807, 2.05) is 12.1 Å². The van der Waals surface area contributed by atoms with Gasteiger partial charge in [0.05, 0.1) is 0 Å². The lowest BCUT2D eigenvalue weighted by molar-refractivity contribution is 0.0982. The van der Waals surface area contributed by atoms with E-state index >= 15 is 0 Å². The number of benzene rings is 2. The summed E-state index contributed by atoms with van der Waals surface area (Å²) in [6, 6.07) is 13.6. The lowest BCUT2D eigenvalue weighted by atomic mass is 10.0. The maximum absolute atomic E-state index is 12.5. The number of aromatic nitrogens is 1. The van der Waals surface area contributed by atoms with E-state index in [-0.39, 0.29) is 12.6 Å². The van der Waals surface area contributed by atoms with Gasteiger partial charge in [0.15, 0.2) is 17.3 Å². The van der Waals surface area contributed by atoms with Gasteiger partial charge in [0.2, 0.25) is 6.79 Å². The van der Waals surface area contributed by atoms with Gasteiger partial charge in [-0.3, -0.25) is 4.79 Å². The molecule has 116 valence electrons. The van der Waals surface area contributed by atoms with Crippen LogP contribution in [0.15, 0.2) is 42.5 Å². The average molecular weight is 307 g/mol. The van der Waals surface area contributed by atoms with Crippen molar-refractivity contribution in [2.24, 2.45) is 0 Å². The monoisotopic (exact) mass is 307 g/mol. The summed E-state index contributed by atoms with van der Waals surface area (Å²) < 4.78 is 10.6. The van der Waals surface area contributed by atoms with Crippen LogP contribution in [0, 0.1) is 6.92 Å². The Morgan fingerprint density at radius 1 is 1.13 bits per heavy atom. The molecular formula is C19H17NO3. The van der Waals surface area contributed by atoms with Crippen molar-refractivity contribution in [1.29, 1.82) is 0 Å². The SMILES string of the molecule is Cc1[nH]c2ccccc2c1CCC(=O)c1ccc2c(c1)OCO2. The van der Waals surface area contributed by atoms with E-state index < -0.39 is 0 Å². The Labute approximate surface area is 134 Å². The first-order valence-corrected chi connectivity index (χ1v) is 7.71. The second-order valence-electron chi connectivity index (χ2n) is 5.77. The van der Waals surface area contributed by atoms with E-state index in [4.69, 9.17) is 9.47 Å². The van der Waals surface area contributed by atoms with E-state index in [1.54, 1.807) is 18.2 Å². The molecule has 1 aliphatic rings. The van der Waals surface area contributed by atoms with Crippen molar-refractivity contribution >= 4 is 16.7 Å².